The SMILES string of the molecule is C[C@]12Cc3cnn(-c4ccc(F)cc4)c3C=C1CC[C@@H]2C(O)CCS(=O)(=O)c1ccccc1. The third-order valence-electron chi connectivity index (χ3n) is 7.35. The summed E-state index contributed by atoms with van der Waals surface area (Å²) in [6.07, 6.45) is 5.94. The number of fused-ring (bicyclic) bond motifs is 2. The lowest BCUT2D eigenvalue weighted by Gasteiger charge is -2.38. The Bertz CT molecular complexity index is 1300. The van der Waals surface area contributed by atoms with Gasteiger partial charge in [0.15, 0.2) is 9.84 Å². The summed E-state index contributed by atoms with van der Waals surface area (Å²) in [6, 6.07) is 14.7. The van der Waals surface area contributed by atoms with Crippen molar-refractivity contribution in [3.8, 4) is 5.69 Å². The van der Waals surface area contributed by atoms with Crippen LogP contribution in [0.1, 0.15) is 37.4 Å². The van der Waals surface area contributed by atoms with E-state index < -0.39 is 15.9 Å². The van der Waals surface area contributed by atoms with Crippen molar-refractivity contribution in [2.45, 2.75) is 43.6 Å². The van der Waals surface area contributed by atoms with E-state index in [0.717, 1.165) is 36.2 Å². The van der Waals surface area contributed by atoms with Crippen LogP contribution in [0.15, 0.2) is 71.3 Å². The maximum absolute atomic E-state index is 13.3. The summed E-state index contributed by atoms with van der Waals surface area (Å²) in [7, 11) is -3.43. The van der Waals surface area contributed by atoms with E-state index in [9.17, 15) is 17.9 Å². The van der Waals surface area contributed by atoms with Gasteiger partial charge < -0.3 is 5.11 Å². The number of sulfone groups is 1. The zero-order valence-electron chi connectivity index (χ0n) is 18.5. The topological polar surface area (TPSA) is 72.2 Å². The Hall–Kier alpha value is -2.77. The zero-order chi connectivity index (χ0) is 23.2. The van der Waals surface area contributed by atoms with Gasteiger partial charge >= 0.3 is 0 Å². The van der Waals surface area contributed by atoms with Crippen molar-refractivity contribution in [3.63, 3.8) is 0 Å². The van der Waals surface area contributed by atoms with Crippen LogP contribution in [0.5, 0.6) is 0 Å². The van der Waals surface area contributed by atoms with Gasteiger partial charge in [0.05, 0.1) is 34.3 Å². The van der Waals surface area contributed by atoms with E-state index in [1.165, 1.54) is 17.7 Å². The van der Waals surface area contributed by atoms with Crippen LogP contribution >= 0.6 is 0 Å². The van der Waals surface area contributed by atoms with E-state index in [1.54, 1.807) is 42.5 Å². The highest BCUT2D eigenvalue weighted by Gasteiger charge is 2.48. The Morgan fingerprint density at radius 2 is 1.91 bits per heavy atom. The molecule has 1 heterocycles. The van der Waals surface area contributed by atoms with Gasteiger partial charge in [-0.2, -0.15) is 5.10 Å². The molecule has 33 heavy (non-hydrogen) atoms. The third-order valence-corrected chi connectivity index (χ3v) is 9.12. The van der Waals surface area contributed by atoms with Crippen LogP contribution in [0.2, 0.25) is 0 Å². The highest BCUT2D eigenvalue weighted by Crippen LogP contribution is 2.54. The molecule has 3 atom stereocenters. The molecular formula is C26H27FN2O3S. The van der Waals surface area contributed by atoms with E-state index in [-0.39, 0.29) is 29.3 Å². The number of hydrogen-bond acceptors (Lipinski definition) is 4. The first kappa shape index (κ1) is 22.0. The number of hydrogen-bond donors (Lipinski definition) is 1. The van der Waals surface area contributed by atoms with Gasteiger partial charge in [0, 0.05) is 0 Å². The third kappa shape index (κ3) is 3.93. The Kier molecular flexibility index (Phi) is 5.49. The summed E-state index contributed by atoms with van der Waals surface area (Å²) in [4.78, 5) is 0.297. The maximum atomic E-state index is 13.3. The average Bonchev–Trinajstić information content (AvgIpc) is 3.36. The van der Waals surface area contributed by atoms with E-state index in [0.29, 0.717) is 4.90 Å². The van der Waals surface area contributed by atoms with Crippen LogP contribution < -0.4 is 0 Å². The number of allylic oxidation sites excluding steroid dienone is 1. The fourth-order valence-electron chi connectivity index (χ4n) is 5.51. The minimum absolute atomic E-state index is 0.0166. The summed E-state index contributed by atoms with van der Waals surface area (Å²) in [6.45, 7) is 2.17. The molecule has 0 bridgehead atoms. The number of rotatable bonds is 6. The summed E-state index contributed by atoms with van der Waals surface area (Å²) in [5.74, 6) is -0.373. The monoisotopic (exact) mass is 466 g/mol. The molecule has 2 aliphatic rings. The maximum Gasteiger partial charge on any atom is 0.178 e. The first-order valence-corrected chi connectivity index (χ1v) is 12.9. The number of aliphatic hydroxyl groups is 1. The van der Waals surface area contributed by atoms with Gasteiger partial charge in [-0.3, -0.25) is 0 Å². The summed E-state index contributed by atoms with van der Waals surface area (Å²) < 4.78 is 40.5. The minimum atomic E-state index is -3.43. The van der Waals surface area contributed by atoms with Crippen LogP contribution in [0, 0.1) is 17.2 Å². The Morgan fingerprint density at radius 1 is 1.18 bits per heavy atom. The van der Waals surface area contributed by atoms with Crippen molar-refractivity contribution in [1.82, 2.24) is 9.78 Å². The summed E-state index contributed by atoms with van der Waals surface area (Å²) >= 11 is 0. The molecule has 1 unspecified atom stereocenters. The largest absolute Gasteiger partial charge is 0.393 e. The Labute approximate surface area is 193 Å². The van der Waals surface area contributed by atoms with Crippen molar-refractivity contribution in [1.29, 1.82) is 0 Å². The van der Waals surface area contributed by atoms with Gasteiger partial charge in [-0.05, 0) is 85.1 Å². The molecule has 0 amide bonds. The predicted molar refractivity (Wildman–Crippen MR) is 125 cm³/mol. The highest BCUT2D eigenvalue weighted by atomic mass is 32.2. The molecule has 1 aromatic heterocycles. The normalized spacial score (nSPS) is 23.0. The standard InChI is InChI=1S/C26H27FN2O3S/c1-26-16-18-17-28-29(21-10-8-20(27)9-11-21)24(18)15-19(26)7-12-23(26)25(30)13-14-33(31,32)22-5-3-2-4-6-22/h2-6,8-11,15,17,23,25,30H,7,12-14,16H2,1H3/t23-,25?,26+/m1/s1. The lowest BCUT2D eigenvalue weighted by Crippen LogP contribution is -2.37. The molecule has 0 aliphatic heterocycles. The molecule has 2 aromatic carbocycles. The zero-order valence-corrected chi connectivity index (χ0v) is 19.3. The molecule has 1 N–H and O–H groups in total. The van der Waals surface area contributed by atoms with E-state index in [4.69, 9.17) is 0 Å². The van der Waals surface area contributed by atoms with Gasteiger partial charge in [-0.1, -0.05) is 30.7 Å². The number of benzene rings is 2. The van der Waals surface area contributed by atoms with Crippen molar-refractivity contribution in [2.75, 3.05) is 5.75 Å². The van der Waals surface area contributed by atoms with Crippen molar-refractivity contribution in [3.05, 3.63) is 83.4 Å². The second kappa shape index (κ2) is 8.22. The fraction of sp³-hybridized carbons (Fsp3) is 0.346. The molecule has 5 nitrogen and oxygen atoms in total. The molecule has 7 heteroatoms. The molecule has 172 valence electrons. The number of nitrogens with zero attached hydrogens (tertiary/aromatic N) is 2. The van der Waals surface area contributed by atoms with E-state index in [1.807, 2.05) is 10.9 Å². The van der Waals surface area contributed by atoms with Crippen molar-refractivity contribution >= 4 is 15.9 Å². The highest BCUT2D eigenvalue weighted by molar-refractivity contribution is 7.91. The summed E-state index contributed by atoms with van der Waals surface area (Å²) in [5, 5.41) is 15.6. The molecule has 1 saturated carbocycles. The van der Waals surface area contributed by atoms with Crippen LogP contribution in [0.3, 0.4) is 0 Å². The molecule has 2 aliphatic carbocycles. The Balaban J connectivity index is 1.35. The second-order valence-electron chi connectivity index (χ2n) is 9.34. The summed E-state index contributed by atoms with van der Waals surface area (Å²) in [5.41, 5.74) is 3.91. The first-order valence-electron chi connectivity index (χ1n) is 11.3. The van der Waals surface area contributed by atoms with Gasteiger partial charge in [-0.15, -0.1) is 0 Å². The van der Waals surface area contributed by atoms with Crippen LogP contribution in [0.4, 0.5) is 4.39 Å². The Morgan fingerprint density at radius 3 is 2.64 bits per heavy atom. The van der Waals surface area contributed by atoms with Crippen molar-refractivity contribution < 1.29 is 17.9 Å². The fourth-order valence-corrected chi connectivity index (χ4v) is 6.86. The average molecular weight is 467 g/mol. The van der Waals surface area contributed by atoms with Crippen LogP contribution in [0.25, 0.3) is 11.8 Å². The van der Waals surface area contributed by atoms with E-state index >= 15 is 0 Å². The molecule has 0 spiro atoms. The predicted octanol–water partition coefficient (Wildman–Crippen LogP) is 4.59. The van der Waals surface area contributed by atoms with Gasteiger partial charge in [0.25, 0.3) is 0 Å². The molecule has 1 fully saturated rings. The lowest BCUT2D eigenvalue weighted by molar-refractivity contribution is 0.0540. The van der Waals surface area contributed by atoms with E-state index in [2.05, 4.69) is 18.1 Å². The van der Waals surface area contributed by atoms with Gasteiger partial charge in [0.2, 0.25) is 0 Å². The second-order valence-corrected chi connectivity index (χ2v) is 11.4. The molecule has 3 aromatic rings. The molecule has 5 rings (SSSR count). The minimum Gasteiger partial charge on any atom is -0.393 e. The first-order chi connectivity index (χ1) is 15.8. The number of aliphatic hydroxyl groups excluding tert-OH is 1. The van der Waals surface area contributed by atoms with Crippen molar-refractivity contribution in [2.24, 2.45) is 11.3 Å². The van der Waals surface area contributed by atoms with Gasteiger partial charge in [-0.25, -0.2) is 17.5 Å². The van der Waals surface area contributed by atoms with Crippen LogP contribution in [-0.4, -0.2) is 35.2 Å². The molecule has 0 radical (unpaired) electrons. The quantitative estimate of drug-likeness (QED) is 0.577. The van der Waals surface area contributed by atoms with Gasteiger partial charge in [0.1, 0.15) is 5.82 Å². The van der Waals surface area contributed by atoms with Crippen LogP contribution in [-0.2, 0) is 16.3 Å². The number of aromatic nitrogens is 2. The smallest absolute Gasteiger partial charge is 0.178 e. The lowest BCUT2D eigenvalue weighted by atomic mass is 9.68. The molecule has 0 saturated heterocycles. The molecular weight excluding hydrogens is 439 g/mol. The number of halogens is 1.